The molecule has 0 bridgehead atoms. The fourth-order valence-corrected chi connectivity index (χ4v) is 3.81. The van der Waals surface area contributed by atoms with Crippen molar-refractivity contribution in [1.29, 1.82) is 0 Å². The zero-order chi connectivity index (χ0) is 16.1. The van der Waals surface area contributed by atoms with E-state index in [-0.39, 0.29) is 24.2 Å². The summed E-state index contributed by atoms with van der Waals surface area (Å²) in [4.78, 5) is 15.6. The number of carbonyl (C=O) groups is 1. The Kier molecular flexibility index (Phi) is 8.23. The molecule has 1 saturated carbocycles. The molecule has 0 radical (unpaired) electrons. The summed E-state index contributed by atoms with van der Waals surface area (Å²) in [5.41, 5.74) is 6.89. The van der Waals surface area contributed by atoms with Gasteiger partial charge in [-0.05, 0) is 49.3 Å². The van der Waals surface area contributed by atoms with E-state index in [2.05, 4.69) is 12.1 Å². The van der Waals surface area contributed by atoms with Gasteiger partial charge in [0.2, 0.25) is 5.91 Å². The second-order valence-electron chi connectivity index (χ2n) is 5.92. The van der Waals surface area contributed by atoms with Gasteiger partial charge in [-0.1, -0.05) is 12.5 Å². The van der Waals surface area contributed by atoms with Gasteiger partial charge in [-0.3, -0.25) is 4.79 Å². The van der Waals surface area contributed by atoms with Crippen LogP contribution in [0.15, 0.2) is 23.1 Å². The van der Waals surface area contributed by atoms with Gasteiger partial charge >= 0.3 is 0 Å². The van der Waals surface area contributed by atoms with Crippen molar-refractivity contribution >= 4 is 30.1 Å². The van der Waals surface area contributed by atoms with Crippen LogP contribution in [0.5, 0.6) is 5.75 Å². The van der Waals surface area contributed by atoms with Crippen LogP contribution in [0, 0.1) is 11.8 Å². The minimum absolute atomic E-state index is 0. The highest BCUT2D eigenvalue weighted by atomic mass is 35.5. The number of methoxy groups -OCH3 is 1. The molecule has 1 aromatic rings. The van der Waals surface area contributed by atoms with Crippen molar-refractivity contribution in [3.05, 3.63) is 23.8 Å². The number of hydrogen-bond acceptors (Lipinski definition) is 4. The number of nitrogens with two attached hydrogens (primary N) is 1. The number of amides is 1. The number of carbonyl (C=O) groups excluding carboxylic acids is 1. The summed E-state index contributed by atoms with van der Waals surface area (Å²) < 4.78 is 5.41. The summed E-state index contributed by atoms with van der Waals surface area (Å²) in [7, 11) is 3.56. The van der Waals surface area contributed by atoms with Crippen molar-refractivity contribution in [3.63, 3.8) is 0 Å². The SMILES string of the molecule is COc1cc(CN(C)C(=O)[C@@H]2CCC[C@@H]2CN)ccc1SC.Cl. The Morgan fingerprint density at radius 1 is 1.43 bits per heavy atom. The first kappa shape index (κ1) is 20.1. The van der Waals surface area contributed by atoms with Crippen LogP contribution in [0.4, 0.5) is 0 Å². The van der Waals surface area contributed by atoms with Crippen LogP contribution in [-0.4, -0.2) is 37.8 Å². The lowest BCUT2D eigenvalue weighted by atomic mass is 9.95. The van der Waals surface area contributed by atoms with Crippen molar-refractivity contribution in [1.82, 2.24) is 4.90 Å². The predicted molar refractivity (Wildman–Crippen MR) is 98.4 cm³/mol. The molecule has 1 amide bonds. The molecule has 1 aliphatic carbocycles. The molecular formula is C17H27ClN2O2S. The minimum Gasteiger partial charge on any atom is -0.496 e. The summed E-state index contributed by atoms with van der Waals surface area (Å²) in [6, 6.07) is 6.13. The molecule has 1 aromatic carbocycles. The first-order valence-electron chi connectivity index (χ1n) is 7.76. The molecule has 2 rings (SSSR count). The van der Waals surface area contributed by atoms with Gasteiger partial charge in [-0.15, -0.1) is 24.2 Å². The van der Waals surface area contributed by atoms with E-state index in [1.807, 2.05) is 24.3 Å². The topological polar surface area (TPSA) is 55.6 Å². The van der Waals surface area contributed by atoms with E-state index >= 15 is 0 Å². The maximum Gasteiger partial charge on any atom is 0.226 e. The Morgan fingerprint density at radius 2 is 2.17 bits per heavy atom. The van der Waals surface area contributed by atoms with Crippen molar-refractivity contribution < 1.29 is 9.53 Å². The van der Waals surface area contributed by atoms with Crippen LogP contribution in [0.1, 0.15) is 24.8 Å². The zero-order valence-electron chi connectivity index (χ0n) is 14.1. The largest absolute Gasteiger partial charge is 0.496 e. The molecule has 0 heterocycles. The number of benzene rings is 1. The third-order valence-electron chi connectivity index (χ3n) is 4.52. The van der Waals surface area contributed by atoms with Gasteiger partial charge in [-0.2, -0.15) is 0 Å². The molecule has 4 nitrogen and oxygen atoms in total. The molecular weight excluding hydrogens is 332 g/mol. The molecule has 0 aromatic heterocycles. The molecule has 2 N–H and O–H groups in total. The normalized spacial score (nSPS) is 20.0. The average molecular weight is 359 g/mol. The molecule has 0 saturated heterocycles. The lowest BCUT2D eigenvalue weighted by Gasteiger charge is -2.25. The van der Waals surface area contributed by atoms with E-state index in [4.69, 9.17) is 10.5 Å². The van der Waals surface area contributed by atoms with Gasteiger partial charge < -0.3 is 15.4 Å². The Balaban J connectivity index is 0.00000264. The van der Waals surface area contributed by atoms with E-state index in [0.717, 1.165) is 35.5 Å². The van der Waals surface area contributed by atoms with Crippen LogP contribution in [0.3, 0.4) is 0 Å². The van der Waals surface area contributed by atoms with Crippen LogP contribution < -0.4 is 10.5 Å². The molecule has 0 aliphatic heterocycles. The first-order chi connectivity index (χ1) is 10.6. The summed E-state index contributed by atoms with van der Waals surface area (Å²) >= 11 is 1.66. The number of nitrogens with zero attached hydrogens (tertiary/aromatic N) is 1. The van der Waals surface area contributed by atoms with E-state index in [1.54, 1.807) is 18.9 Å². The van der Waals surface area contributed by atoms with Crippen LogP contribution in [0.2, 0.25) is 0 Å². The maximum absolute atomic E-state index is 12.6. The third kappa shape index (κ3) is 4.78. The highest BCUT2D eigenvalue weighted by Crippen LogP contribution is 2.33. The standard InChI is InChI=1S/C17H26N2O2S.ClH/c1-19(17(20)14-6-4-5-13(14)10-18)11-12-7-8-16(22-3)15(9-12)21-2;/h7-9,13-14H,4-6,10-11,18H2,1-3H3;1H/t13-,14-;/m1./s1. The number of ether oxygens (including phenoxy) is 1. The first-order valence-corrected chi connectivity index (χ1v) is 8.99. The van der Waals surface area contributed by atoms with Crippen LogP contribution in [0.25, 0.3) is 0 Å². The van der Waals surface area contributed by atoms with Crippen molar-refractivity contribution in [2.45, 2.75) is 30.7 Å². The van der Waals surface area contributed by atoms with E-state index in [9.17, 15) is 4.79 Å². The van der Waals surface area contributed by atoms with Gasteiger partial charge in [0.05, 0.1) is 7.11 Å². The molecule has 23 heavy (non-hydrogen) atoms. The van der Waals surface area contributed by atoms with Gasteiger partial charge in [0.25, 0.3) is 0 Å². The van der Waals surface area contributed by atoms with Gasteiger partial charge in [-0.25, -0.2) is 0 Å². The van der Waals surface area contributed by atoms with Crippen LogP contribution >= 0.6 is 24.2 Å². The van der Waals surface area contributed by atoms with E-state index < -0.39 is 0 Å². The molecule has 0 unspecified atom stereocenters. The Morgan fingerprint density at radius 3 is 2.78 bits per heavy atom. The fourth-order valence-electron chi connectivity index (χ4n) is 3.26. The highest BCUT2D eigenvalue weighted by Gasteiger charge is 2.33. The summed E-state index contributed by atoms with van der Waals surface area (Å²) in [6.07, 6.45) is 5.19. The highest BCUT2D eigenvalue weighted by molar-refractivity contribution is 7.98. The van der Waals surface area contributed by atoms with Gasteiger partial charge in [0.1, 0.15) is 5.75 Å². The van der Waals surface area contributed by atoms with Crippen molar-refractivity contribution in [2.24, 2.45) is 17.6 Å². The van der Waals surface area contributed by atoms with Gasteiger partial charge in [0, 0.05) is 24.4 Å². The Hall–Kier alpha value is -0.910. The summed E-state index contributed by atoms with van der Waals surface area (Å²) in [5.74, 6) is 1.54. The molecule has 0 spiro atoms. The number of halogens is 1. The lowest BCUT2D eigenvalue weighted by Crippen LogP contribution is -2.36. The number of hydrogen-bond donors (Lipinski definition) is 1. The molecule has 6 heteroatoms. The Bertz CT molecular complexity index is 527. The van der Waals surface area contributed by atoms with Crippen molar-refractivity contribution in [3.8, 4) is 5.75 Å². The molecule has 130 valence electrons. The number of rotatable bonds is 6. The summed E-state index contributed by atoms with van der Waals surface area (Å²) in [6.45, 7) is 1.22. The van der Waals surface area contributed by atoms with Crippen molar-refractivity contribution in [2.75, 3.05) is 27.0 Å². The molecule has 1 fully saturated rings. The second-order valence-corrected chi connectivity index (χ2v) is 6.76. The Labute approximate surface area is 149 Å². The smallest absolute Gasteiger partial charge is 0.226 e. The van der Waals surface area contributed by atoms with Crippen LogP contribution in [-0.2, 0) is 11.3 Å². The lowest BCUT2D eigenvalue weighted by molar-refractivity contribution is -0.135. The second kappa shape index (κ2) is 9.40. The summed E-state index contributed by atoms with van der Waals surface area (Å²) in [5, 5.41) is 0. The zero-order valence-corrected chi connectivity index (χ0v) is 15.7. The fraction of sp³-hybridized carbons (Fsp3) is 0.588. The molecule has 2 atom stereocenters. The quantitative estimate of drug-likeness (QED) is 0.793. The number of thioether (sulfide) groups is 1. The van der Waals surface area contributed by atoms with E-state index in [0.29, 0.717) is 19.0 Å². The predicted octanol–water partition coefficient (Wildman–Crippen LogP) is 3.17. The average Bonchev–Trinajstić information content (AvgIpc) is 3.02. The molecule has 1 aliphatic rings. The van der Waals surface area contributed by atoms with Gasteiger partial charge in [0.15, 0.2) is 0 Å². The third-order valence-corrected chi connectivity index (χ3v) is 5.30. The monoisotopic (exact) mass is 358 g/mol. The van der Waals surface area contributed by atoms with E-state index in [1.165, 1.54) is 0 Å². The maximum atomic E-state index is 12.6. The minimum atomic E-state index is 0.